The summed E-state index contributed by atoms with van der Waals surface area (Å²) in [5.41, 5.74) is 1.04. The number of ether oxygens (including phenoxy) is 1. The molecule has 0 aromatic carbocycles. The quantitative estimate of drug-likeness (QED) is 0.551. The van der Waals surface area contributed by atoms with Crippen molar-refractivity contribution in [2.45, 2.75) is 59.5 Å². The number of carbonyl (C=O) groups excluding carboxylic acids is 1. The molecule has 96 valence electrons. The van der Waals surface area contributed by atoms with Gasteiger partial charge in [-0.2, -0.15) is 0 Å². The van der Waals surface area contributed by atoms with Crippen LogP contribution in [0.2, 0.25) is 0 Å². The van der Waals surface area contributed by atoms with E-state index in [1.807, 2.05) is 6.92 Å². The Balaban J connectivity index is 2.11. The molecule has 2 heteroatoms. The van der Waals surface area contributed by atoms with Gasteiger partial charge < -0.3 is 4.74 Å². The first kappa shape index (κ1) is 12.7. The first-order chi connectivity index (χ1) is 7.83. The van der Waals surface area contributed by atoms with Crippen LogP contribution in [-0.2, 0) is 9.53 Å². The molecule has 17 heavy (non-hydrogen) atoms. The maximum absolute atomic E-state index is 11.8. The van der Waals surface area contributed by atoms with Crippen molar-refractivity contribution in [2.75, 3.05) is 0 Å². The number of carbonyl (C=O) groups is 1. The summed E-state index contributed by atoms with van der Waals surface area (Å²) in [4.78, 5) is 11.8. The largest absolute Gasteiger partial charge is 0.458 e. The van der Waals surface area contributed by atoms with Crippen LogP contribution in [0.25, 0.3) is 0 Å². The van der Waals surface area contributed by atoms with Gasteiger partial charge in [-0.05, 0) is 37.0 Å². The van der Waals surface area contributed by atoms with Crippen LogP contribution in [0.3, 0.4) is 0 Å². The molecule has 3 atom stereocenters. The van der Waals surface area contributed by atoms with E-state index < -0.39 is 0 Å². The molecule has 0 N–H and O–H groups in total. The second-order valence-corrected chi connectivity index (χ2v) is 6.46. The van der Waals surface area contributed by atoms with Gasteiger partial charge in [0.15, 0.2) is 0 Å². The van der Waals surface area contributed by atoms with Crippen LogP contribution in [-0.4, -0.2) is 12.1 Å². The first-order valence-corrected chi connectivity index (χ1v) is 6.71. The molecule has 2 fully saturated rings. The van der Waals surface area contributed by atoms with Crippen molar-refractivity contribution in [3.8, 4) is 0 Å². The smallest absolute Gasteiger partial charge is 0.333 e. The number of fused-ring (bicyclic) bond motifs is 2. The Morgan fingerprint density at radius 2 is 2.06 bits per heavy atom. The van der Waals surface area contributed by atoms with Gasteiger partial charge in [-0.3, -0.25) is 0 Å². The summed E-state index contributed by atoms with van der Waals surface area (Å²) in [7, 11) is 0. The fraction of sp³-hybridized carbons (Fsp3) is 0.800. The minimum Gasteiger partial charge on any atom is -0.458 e. The number of esters is 1. The summed E-state index contributed by atoms with van der Waals surface area (Å²) in [6, 6.07) is 0. The zero-order valence-corrected chi connectivity index (χ0v) is 11.5. The highest BCUT2D eigenvalue weighted by Gasteiger charge is 2.62. The van der Waals surface area contributed by atoms with Crippen LogP contribution in [0, 0.1) is 16.7 Å². The summed E-state index contributed by atoms with van der Waals surface area (Å²) < 4.78 is 5.70. The molecule has 0 saturated heterocycles. The molecule has 0 spiro atoms. The van der Waals surface area contributed by atoms with Crippen molar-refractivity contribution in [3.63, 3.8) is 0 Å². The monoisotopic (exact) mass is 236 g/mol. The second kappa shape index (κ2) is 3.86. The maximum Gasteiger partial charge on any atom is 0.333 e. The lowest BCUT2D eigenvalue weighted by Crippen LogP contribution is -2.38. The van der Waals surface area contributed by atoms with Gasteiger partial charge >= 0.3 is 5.97 Å². The van der Waals surface area contributed by atoms with E-state index in [0.717, 1.165) is 6.42 Å². The van der Waals surface area contributed by atoms with E-state index >= 15 is 0 Å². The van der Waals surface area contributed by atoms with E-state index in [-0.39, 0.29) is 17.5 Å². The lowest BCUT2D eigenvalue weighted by Gasteiger charge is -2.38. The molecule has 0 aliphatic heterocycles. The zero-order chi connectivity index (χ0) is 12.8. The van der Waals surface area contributed by atoms with Crippen LogP contribution in [0.1, 0.15) is 53.4 Å². The second-order valence-electron chi connectivity index (χ2n) is 6.46. The number of hydrogen-bond acceptors (Lipinski definition) is 2. The van der Waals surface area contributed by atoms with Gasteiger partial charge in [0.25, 0.3) is 0 Å². The van der Waals surface area contributed by atoms with Crippen LogP contribution in [0.15, 0.2) is 12.2 Å². The molecule has 0 aromatic heterocycles. The molecule has 2 saturated carbocycles. The Labute approximate surface area is 104 Å². The van der Waals surface area contributed by atoms with E-state index in [0.29, 0.717) is 23.3 Å². The fourth-order valence-corrected chi connectivity index (χ4v) is 3.67. The highest BCUT2D eigenvalue weighted by atomic mass is 16.5. The number of rotatable bonds is 3. The third-order valence-corrected chi connectivity index (χ3v) is 5.68. The molecule has 2 aliphatic carbocycles. The van der Waals surface area contributed by atoms with Crippen molar-refractivity contribution >= 4 is 5.97 Å². The van der Waals surface area contributed by atoms with E-state index in [1.165, 1.54) is 12.8 Å². The summed E-state index contributed by atoms with van der Waals surface area (Å²) >= 11 is 0. The lowest BCUT2D eigenvalue weighted by atomic mass is 9.70. The molecule has 2 bridgehead atoms. The zero-order valence-electron chi connectivity index (χ0n) is 11.5. The van der Waals surface area contributed by atoms with Gasteiger partial charge in [-0.25, -0.2) is 4.79 Å². The Morgan fingerprint density at radius 1 is 1.41 bits per heavy atom. The van der Waals surface area contributed by atoms with Crippen molar-refractivity contribution in [1.82, 2.24) is 0 Å². The fourth-order valence-electron chi connectivity index (χ4n) is 3.67. The lowest BCUT2D eigenvalue weighted by molar-refractivity contribution is -0.152. The highest BCUT2D eigenvalue weighted by Crippen LogP contribution is 2.66. The predicted octanol–water partition coefficient (Wildman–Crippen LogP) is 3.71. The van der Waals surface area contributed by atoms with E-state index in [9.17, 15) is 4.79 Å². The minimum atomic E-state index is -0.193. The third kappa shape index (κ3) is 1.64. The standard InChI is InChI=1S/C15H24O2/c1-6-10(2)13(16)17-12-9-11-7-8-15(12,5)14(11,3)4/h11-12H,2,6-9H2,1,3-5H3/t11-,12+,15-/m1/s1. The molecule has 0 heterocycles. The first-order valence-electron chi connectivity index (χ1n) is 6.71. The van der Waals surface area contributed by atoms with Crippen molar-refractivity contribution in [2.24, 2.45) is 16.7 Å². The van der Waals surface area contributed by atoms with Crippen LogP contribution in [0.4, 0.5) is 0 Å². The summed E-state index contributed by atoms with van der Waals surface area (Å²) in [5, 5.41) is 0. The van der Waals surface area contributed by atoms with Gasteiger partial charge in [0.05, 0.1) is 0 Å². The Bertz CT molecular complexity index is 356. The average molecular weight is 236 g/mol. The molecule has 0 radical (unpaired) electrons. The molecular weight excluding hydrogens is 212 g/mol. The van der Waals surface area contributed by atoms with Crippen molar-refractivity contribution < 1.29 is 9.53 Å². The van der Waals surface area contributed by atoms with E-state index in [4.69, 9.17) is 4.74 Å². The Morgan fingerprint density at radius 3 is 2.47 bits per heavy atom. The molecular formula is C15H24O2. The summed E-state index contributed by atoms with van der Waals surface area (Å²) in [6.45, 7) is 12.6. The summed E-state index contributed by atoms with van der Waals surface area (Å²) in [5.74, 6) is 0.516. The Hall–Kier alpha value is -0.790. The van der Waals surface area contributed by atoms with Crippen molar-refractivity contribution in [1.29, 1.82) is 0 Å². The molecule has 0 unspecified atom stereocenters. The number of hydrogen-bond donors (Lipinski definition) is 0. The molecule has 2 rings (SSSR count). The normalized spacial score (nSPS) is 38.1. The van der Waals surface area contributed by atoms with Crippen LogP contribution < -0.4 is 0 Å². The SMILES string of the molecule is C=C(CC)C(=O)O[C@H]1C[C@H]2CC[C@@]1(C)C2(C)C. The van der Waals surface area contributed by atoms with Crippen LogP contribution >= 0.6 is 0 Å². The predicted molar refractivity (Wildman–Crippen MR) is 68.5 cm³/mol. The molecule has 0 aromatic rings. The topological polar surface area (TPSA) is 26.3 Å². The molecule has 2 nitrogen and oxygen atoms in total. The minimum absolute atomic E-state index is 0.0899. The summed E-state index contributed by atoms with van der Waals surface area (Å²) in [6.07, 6.45) is 4.27. The van der Waals surface area contributed by atoms with Gasteiger partial charge in [-0.1, -0.05) is 34.3 Å². The van der Waals surface area contributed by atoms with E-state index in [1.54, 1.807) is 0 Å². The third-order valence-electron chi connectivity index (χ3n) is 5.68. The highest BCUT2D eigenvalue weighted by molar-refractivity contribution is 5.87. The van der Waals surface area contributed by atoms with Gasteiger partial charge in [0.1, 0.15) is 6.10 Å². The van der Waals surface area contributed by atoms with Gasteiger partial charge in [-0.15, -0.1) is 0 Å². The van der Waals surface area contributed by atoms with Gasteiger partial charge in [0.2, 0.25) is 0 Å². The molecule has 2 aliphatic rings. The van der Waals surface area contributed by atoms with Crippen molar-refractivity contribution in [3.05, 3.63) is 12.2 Å². The van der Waals surface area contributed by atoms with E-state index in [2.05, 4.69) is 27.4 Å². The average Bonchev–Trinajstić information content (AvgIpc) is 2.60. The maximum atomic E-state index is 11.8. The molecule has 0 amide bonds. The van der Waals surface area contributed by atoms with Gasteiger partial charge in [0, 0.05) is 11.0 Å². The van der Waals surface area contributed by atoms with Crippen LogP contribution in [0.5, 0.6) is 0 Å². The Kier molecular flexibility index (Phi) is 2.87.